The van der Waals surface area contributed by atoms with E-state index in [0.29, 0.717) is 29.3 Å². The molecular formula is C23H20ClN3O5S. The molecule has 33 heavy (non-hydrogen) atoms. The molecule has 10 heteroatoms. The molecule has 0 heterocycles. The Bertz CT molecular complexity index is 1270. The smallest absolute Gasteiger partial charge is 0.262 e. The van der Waals surface area contributed by atoms with Crippen molar-refractivity contribution in [3.8, 4) is 17.6 Å². The Labute approximate surface area is 196 Å². The van der Waals surface area contributed by atoms with Crippen LogP contribution in [0.5, 0.6) is 11.5 Å². The van der Waals surface area contributed by atoms with Gasteiger partial charge in [0, 0.05) is 5.69 Å². The number of anilines is 2. The molecule has 0 unspecified atom stereocenters. The number of rotatable bonds is 9. The number of hydrogen-bond acceptors (Lipinski definition) is 6. The van der Waals surface area contributed by atoms with Gasteiger partial charge in [-0.2, -0.15) is 5.26 Å². The summed E-state index contributed by atoms with van der Waals surface area (Å²) in [6.07, 6.45) is 0.298. The molecule has 3 aromatic carbocycles. The van der Waals surface area contributed by atoms with Crippen LogP contribution in [0, 0.1) is 11.3 Å². The Morgan fingerprint density at radius 3 is 2.30 bits per heavy atom. The monoisotopic (exact) mass is 485 g/mol. The second-order valence-electron chi connectivity index (χ2n) is 6.79. The molecule has 0 saturated heterocycles. The lowest BCUT2D eigenvalue weighted by Gasteiger charge is -2.11. The van der Waals surface area contributed by atoms with E-state index in [1.54, 1.807) is 30.3 Å². The van der Waals surface area contributed by atoms with Gasteiger partial charge in [0.2, 0.25) is 0 Å². The predicted octanol–water partition coefficient (Wildman–Crippen LogP) is 4.23. The highest BCUT2D eigenvalue weighted by Gasteiger charge is 2.15. The Kier molecular flexibility index (Phi) is 7.77. The molecule has 0 atom stereocenters. The third kappa shape index (κ3) is 6.62. The average molecular weight is 486 g/mol. The van der Waals surface area contributed by atoms with E-state index in [4.69, 9.17) is 26.3 Å². The molecule has 0 aromatic heterocycles. The first-order valence-corrected chi connectivity index (χ1v) is 11.5. The molecule has 3 rings (SSSR count). The number of nitrogens with zero attached hydrogens (tertiary/aromatic N) is 1. The zero-order valence-corrected chi connectivity index (χ0v) is 19.1. The van der Waals surface area contributed by atoms with Crippen LogP contribution in [0.2, 0.25) is 5.02 Å². The van der Waals surface area contributed by atoms with Gasteiger partial charge in [-0.15, -0.1) is 0 Å². The standard InChI is InChI=1S/C23H20ClN3O5S/c1-31-22-11-6-18(14-21(22)24)27-33(29,30)20-9-7-19(8-10-20)32-15-23(28)26-17-4-2-16(3-5-17)12-13-25/h2-11,14,27H,12,15H2,1H3,(H,26,28). The van der Waals surface area contributed by atoms with Crippen molar-refractivity contribution >= 4 is 38.9 Å². The van der Waals surface area contributed by atoms with E-state index >= 15 is 0 Å². The second kappa shape index (κ2) is 10.7. The molecule has 0 fully saturated rings. The van der Waals surface area contributed by atoms with Crippen molar-refractivity contribution < 1.29 is 22.7 Å². The van der Waals surface area contributed by atoms with Gasteiger partial charge in [0.1, 0.15) is 11.5 Å². The number of carbonyl (C=O) groups is 1. The molecule has 8 nitrogen and oxygen atoms in total. The van der Waals surface area contributed by atoms with Gasteiger partial charge in [0.15, 0.2) is 6.61 Å². The molecule has 0 radical (unpaired) electrons. The van der Waals surface area contributed by atoms with Crippen LogP contribution in [-0.4, -0.2) is 28.0 Å². The van der Waals surface area contributed by atoms with E-state index in [0.717, 1.165) is 5.56 Å². The maximum Gasteiger partial charge on any atom is 0.262 e. The summed E-state index contributed by atoms with van der Waals surface area (Å²) < 4.78 is 38.1. The van der Waals surface area contributed by atoms with Crippen molar-refractivity contribution in [3.63, 3.8) is 0 Å². The largest absolute Gasteiger partial charge is 0.495 e. The molecule has 0 aliphatic rings. The SMILES string of the molecule is COc1ccc(NS(=O)(=O)c2ccc(OCC(=O)Nc3ccc(CC#N)cc3)cc2)cc1Cl. The van der Waals surface area contributed by atoms with Crippen molar-refractivity contribution in [1.82, 2.24) is 0 Å². The minimum absolute atomic E-state index is 0.0173. The number of carbonyl (C=O) groups excluding carboxylic acids is 1. The quantitative estimate of drug-likeness (QED) is 0.468. The Hall–Kier alpha value is -3.74. The van der Waals surface area contributed by atoms with Crippen LogP contribution in [-0.2, 0) is 21.2 Å². The summed E-state index contributed by atoms with van der Waals surface area (Å²) in [5.41, 5.74) is 1.72. The number of amides is 1. The molecule has 3 aromatic rings. The first-order valence-electron chi connectivity index (χ1n) is 9.65. The lowest BCUT2D eigenvalue weighted by molar-refractivity contribution is -0.118. The molecule has 2 N–H and O–H groups in total. The molecular weight excluding hydrogens is 466 g/mol. The van der Waals surface area contributed by atoms with Gasteiger partial charge in [0.05, 0.1) is 35.2 Å². The maximum atomic E-state index is 12.6. The zero-order chi connectivity index (χ0) is 23.8. The zero-order valence-electron chi connectivity index (χ0n) is 17.5. The Morgan fingerprint density at radius 1 is 1.03 bits per heavy atom. The normalized spacial score (nSPS) is 10.7. The first kappa shape index (κ1) is 23.9. The van der Waals surface area contributed by atoms with Crippen molar-refractivity contribution in [3.05, 3.63) is 77.3 Å². The second-order valence-corrected chi connectivity index (χ2v) is 8.88. The van der Waals surface area contributed by atoms with Gasteiger partial charge in [-0.1, -0.05) is 23.7 Å². The predicted molar refractivity (Wildman–Crippen MR) is 125 cm³/mol. The fraction of sp³-hybridized carbons (Fsp3) is 0.130. The highest BCUT2D eigenvalue weighted by Crippen LogP contribution is 2.28. The molecule has 1 amide bonds. The summed E-state index contributed by atoms with van der Waals surface area (Å²) in [6.45, 7) is -0.255. The van der Waals surface area contributed by atoms with Crippen LogP contribution in [0.4, 0.5) is 11.4 Å². The van der Waals surface area contributed by atoms with Gasteiger partial charge < -0.3 is 14.8 Å². The Balaban J connectivity index is 1.56. The van der Waals surface area contributed by atoms with Crippen LogP contribution in [0.15, 0.2) is 71.6 Å². The van der Waals surface area contributed by atoms with Crippen molar-refractivity contribution in [2.24, 2.45) is 0 Å². The minimum atomic E-state index is -3.85. The van der Waals surface area contributed by atoms with E-state index in [1.807, 2.05) is 0 Å². The van der Waals surface area contributed by atoms with Crippen LogP contribution in [0.25, 0.3) is 0 Å². The van der Waals surface area contributed by atoms with Gasteiger partial charge in [-0.05, 0) is 60.2 Å². The third-order valence-electron chi connectivity index (χ3n) is 4.43. The molecule has 0 spiro atoms. The number of ether oxygens (including phenoxy) is 2. The summed E-state index contributed by atoms with van der Waals surface area (Å²) in [6, 6.07) is 19.2. The van der Waals surface area contributed by atoms with Crippen LogP contribution < -0.4 is 19.5 Å². The summed E-state index contributed by atoms with van der Waals surface area (Å²) in [5.74, 6) is 0.389. The molecule has 0 saturated carbocycles. The van der Waals surface area contributed by atoms with E-state index in [-0.39, 0.29) is 22.4 Å². The third-order valence-corrected chi connectivity index (χ3v) is 6.12. The molecule has 0 bridgehead atoms. The summed E-state index contributed by atoms with van der Waals surface area (Å²) >= 11 is 6.04. The van der Waals surface area contributed by atoms with Gasteiger partial charge in [-0.25, -0.2) is 8.42 Å². The van der Waals surface area contributed by atoms with E-state index in [2.05, 4.69) is 16.1 Å². The minimum Gasteiger partial charge on any atom is -0.495 e. The summed E-state index contributed by atoms with van der Waals surface area (Å²) in [7, 11) is -2.39. The highest BCUT2D eigenvalue weighted by atomic mass is 35.5. The van der Waals surface area contributed by atoms with Gasteiger partial charge >= 0.3 is 0 Å². The summed E-state index contributed by atoms with van der Waals surface area (Å²) in [4.78, 5) is 12.1. The number of methoxy groups -OCH3 is 1. The van der Waals surface area contributed by atoms with Crippen molar-refractivity contribution in [2.75, 3.05) is 23.8 Å². The Morgan fingerprint density at radius 2 is 1.70 bits per heavy atom. The van der Waals surface area contributed by atoms with Crippen molar-refractivity contribution in [2.45, 2.75) is 11.3 Å². The lowest BCUT2D eigenvalue weighted by Crippen LogP contribution is -2.20. The van der Waals surface area contributed by atoms with Crippen LogP contribution >= 0.6 is 11.6 Å². The number of hydrogen-bond donors (Lipinski definition) is 2. The van der Waals surface area contributed by atoms with Crippen LogP contribution in [0.3, 0.4) is 0 Å². The highest BCUT2D eigenvalue weighted by molar-refractivity contribution is 7.92. The molecule has 170 valence electrons. The fourth-order valence-electron chi connectivity index (χ4n) is 2.80. The average Bonchev–Trinajstić information content (AvgIpc) is 2.79. The van der Waals surface area contributed by atoms with Crippen molar-refractivity contribution in [1.29, 1.82) is 5.26 Å². The van der Waals surface area contributed by atoms with Crippen LogP contribution in [0.1, 0.15) is 5.56 Å². The first-order chi connectivity index (χ1) is 15.8. The number of nitriles is 1. The number of nitrogens with one attached hydrogen (secondary N) is 2. The van der Waals surface area contributed by atoms with Gasteiger partial charge in [0.25, 0.3) is 15.9 Å². The van der Waals surface area contributed by atoms with Gasteiger partial charge in [-0.3, -0.25) is 9.52 Å². The summed E-state index contributed by atoms with van der Waals surface area (Å²) in [5, 5.41) is 11.6. The fourth-order valence-corrected chi connectivity index (χ4v) is 4.11. The number of benzene rings is 3. The number of halogens is 1. The van der Waals surface area contributed by atoms with E-state index in [9.17, 15) is 13.2 Å². The van der Waals surface area contributed by atoms with E-state index < -0.39 is 10.0 Å². The number of sulfonamides is 1. The molecule has 0 aliphatic carbocycles. The lowest BCUT2D eigenvalue weighted by atomic mass is 10.1. The van der Waals surface area contributed by atoms with E-state index in [1.165, 1.54) is 43.5 Å². The topological polar surface area (TPSA) is 118 Å². The maximum absolute atomic E-state index is 12.6. The molecule has 0 aliphatic heterocycles.